The van der Waals surface area contributed by atoms with Crippen LogP contribution in [-0.4, -0.2) is 18.2 Å². The maximum absolute atomic E-state index is 12.2. The molecule has 1 fully saturated rings. The molecule has 0 spiro atoms. The lowest BCUT2D eigenvalue weighted by atomic mass is 9.96. The Kier molecular flexibility index (Phi) is 4.81. The van der Waals surface area contributed by atoms with E-state index in [0.717, 1.165) is 24.8 Å². The second-order valence-electron chi connectivity index (χ2n) is 5.49. The molecule has 2 unspecified atom stereocenters. The molecular formula is C17H24O3. The van der Waals surface area contributed by atoms with E-state index in [2.05, 4.69) is 6.92 Å². The van der Waals surface area contributed by atoms with Crippen molar-refractivity contribution in [2.45, 2.75) is 58.2 Å². The molecule has 3 nitrogen and oxygen atoms in total. The van der Waals surface area contributed by atoms with Crippen molar-refractivity contribution in [2.75, 3.05) is 6.61 Å². The van der Waals surface area contributed by atoms with Crippen LogP contribution in [0.25, 0.3) is 0 Å². The lowest BCUT2D eigenvalue weighted by molar-refractivity contribution is -0.150. The van der Waals surface area contributed by atoms with Crippen molar-refractivity contribution in [1.82, 2.24) is 0 Å². The third kappa shape index (κ3) is 3.04. The molecule has 0 radical (unpaired) electrons. The van der Waals surface area contributed by atoms with E-state index in [4.69, 9.17) is 9.47 Å². The van der Waals surface area contributed by atoms with E-state index in [9.17, 15) is 4.79 Å². The summed E-state index contributed by atoms with van der Waals surface area (Å²) in [6.07, 6.45) is 3.65. The Morgan fingerprint density at radius 2 is 1.95 bits per heavy atom. The fourth-order valence-corrected chi connectivity index (χ4v) is 2.46. The zero-order chi connectivity index (χ0) is 14.6. The summed E-state index contributed by atoms with van der Waals surface area (Å²) in [5, 5.41) is 0. The maximum Gasteiger partial charge on any atom is 0.341 e. The minimum Gasteiger partial charge on any atom is -0.463 e. The number of epoxide rings is 1. The highest BCUT2D eigenvalue weighted by atomic mass is 16.7. The highest BCUT2D eigenvalue weighted by Crippen LogP contribution is 2.52. The first kappa shape index (κ1) is 15.0. The molecular weight excluding hydrogens is 252 g/mol. The van der Waals surface area contributed by atoms with Gasteiger partial charge in [0.25, 0.3) is 0 Å². The number of hydrogen-bond acceptors (Lipinski definition) is 3. The number of unbranched alkanes of at least 4 members (excludes halogenated alkanes) is 2. The Hall–Kier alpha value is -1.35. The molecule has 0 amide bonds. The normalized spacial score (nSPS) is 24.4. The number of carbonyl (C=O) groups is 1. The highest BCUT2D eigenvalue weighted by molar-refractivity contribution is 5.83. The first-order valence-corrected chi connectivity index (χ1v) is 7.55. The van der Waals surface area contributed by atoms with Gasteiger partial charge in [-0.15, -0.1) is 0 Å². The fourth-order valence-electron chi connectivity index (χ4n) is 2.46. The third-order valence-electron chi connectivity index (χ3n) is 3.93. The summed E-state index contributed by atoms with van der Waals surface area (Å²) in [5.74, 6) is -0.207. The summed E-state index contributed by atoms with van der Waals surface area (Å²) >= 11 is 0. The van der Waals surface area contributed by atoms with E-state index in [-0.39, 0.29) is 12.1 Å². The van der Waals surface area contributed by atoms with Gasteiger partial charge in [0, 0.05) is 0 Å². The summed E-state index contributed by atoms with van der Waals surface area (Å²) in [5.41, 5.74) is 1.52. The molecule has 20 heavy (non-hydrogen) atoms. The fraction of sp³-hybridized carbons (Fsp3) is 0.588. The average molecular weight is 276 g/mol. The highest BCUT2D eigenvalue weighted by Gasteiger charge is 2.63. The third-order valence-corrected chi connectivity index (χ3v) is 3.93. The van der Waals surface area contributed by atoms with Crippen LogP contribution in [0.5, 0.6) is 0 Å². The van der Waals surface area contributed by atoms with Gasteiger partial charge < -0.3 is 9.47 Å². The van der Waals surface area contributed by atoms with E-state index in [1.807, 2.05) is 38.1 Å². The number of esters is 1. The summed E-state index contributed by atoms with van der Waals surface area (Å²) in [6.45, 7) is 6.65. The largest absolute Gasteiger partial charge is 0.463 e. The molecule has 0 aliphatic carbocycles. The van der Waals surface area contributed by atoms with E-state index in [0.29, 0.717) is 13.0 Å². The average Bonchev–Trinajstić information content (AvgIpc) is 3.20. The van der Waals surface area contributed by atoms with Crippen LogP contribution in [0.1, 0.15) is 56.8 Å². The SMILES string of the molecule is CCCCCOC(=O)C1(CC)OC1c1ccc(C)cc1. The molecule has 3 heteroatoms. The van der Waals surface area contributed by atoms with Crippen molar-refractivity contribution in [2.24, 2.45) is 0 Å². The second kappa shape index (κ2) is 6.40. The van der Waals surface area contributed by atoms with Crippen LogP contribution in [0, 0.1) is 6.92 Å². The quantitative estimate of drug-likeness (QED) is 0.430. The first-order valence-electron chi connectivity index (χ1n) is 7.55. The molecule has 1 saturated heterocycles. The maximum atomic E-state index is 12.2. The van der Waals surface area contributed by atoms with Crippen LogP contribution < -0.4 is 0 Å². The first-order chi connectivity index (χ1) is 9.64. The van der Waals surface area contributed by atoms with Crippen molar-refractivity contribution in [3.63, 3.8) is 0 Å². The minimum atomic E-state index is -0.749. The molecule has 1 aliphatic heterocycles. The Labute approximate surface area is 121 Å². The summed E-state index contributed by atoms with van der Waals surface area (Å²) < 4.78 is 11.1. The summed E-state index contributed by atoms with van der Waals surface area (Å²) in [4.78, 5) is 12.2. The monoisotopic (exact) mass is 276 g/mol. The van der Waals surface area contributed by atoms with Crippen molar-refractivity contribution in [3.8, 4) is 0 Å². The Morgan fingerprint density at radius 1 is 1.25 bits per heavy atom. The number of carbonyl (C=O) groups excluding carboxylic acids is 1. The number of benzene rings is 1. The summed E-state index contributed by atoms with van der Waals surface area (Å²) in [6, 6.07) is 8.15. The van der Waals surface area contributed by atoms with Gasteiger partial charge in [0.05, 0.1) is 6.61 Å². The zero-order valence-corrected chi connectivity index (χ0v) is 12.6. The molecule has 0 N–H and O–H groups in total. The topological polar surface area (TPSA) is 38.8 Å². The second-order valence-corrected chi connectivity index (χ2v) is 5.49. The predicted molar refractivity (Wildman–Crippen MR) is 78.5 cm³/mol. The summed E-state index contributed by atoms with van der Waals surface area (Å²) in [7, 11) is 0. The predicted octanol–water partition coefficient (Wildman–Crippen LogP) is 3.95. The number of aryl methyl sites for hydroxylation is 1. The van der Waals surface area contributed by atoms with Crippen molar-refractivity contribution < 1.29 is 14.3 Å². The number of rotatable bonds is 7. The van der Waals surface area contributed by atoms with Gasteiger partial charge in [-0.05, 0) is 25.3 Å². The Morgan fingerprint density at radius 3 is 2.55 bits per heavy atom. The van der Waals surface area contributed by atoms with Crippen molar-refractivity contribution in [1.29, 1.82) is 0 Å². The van der Waals surface area contributed by atoms with Crippen LogP contribution in [0.4, 0.5) is 0 Å². The van der Waals surface area contributed by atoms with Crippen LogP contribution in [0.3, 0.4) is 0 Å². The van der Waals surface area contributed by atoms with Gasteiger partial charge in [-0.3, -0.25) is 0 Å². The molecule has 1 aliphatic rings. The van der Waals surface area contributed by atoms with Gasteiger partial charge in [-0.1, -0.05) is 56.5 Å². The molecule has 110 valence electrons. The molecule has 0 aromatic heterocycles. The van der Waals surface area contributed by atoms with Gasteiger partial charge in [0.2, 0.25) is 0 Å². The van der Waals surface area contributed by atoms with Gasteiger partial charge >= 0.3 is 5.97 Å². The minimum absolute atomic E-state index is 0.147. The van der Waals surface area contributed by atoms with E-state index in [1.165, 1.54) is 5.56 Å². The molecule has 0 bridgehead atoms. The molecule has 1 aromatic carbocycles. The molecule has 0 saturated carbocycles. The van der Waals surface area contributed by atoms with Gasteiger partial charge in [0.1, 0.15) is 6.10 Å². The van der Waals surface area contributed by atoms with Gasteiger partial charge in [0.15, 0.2) is 5.60 Å². The van der Waals surface area contributed by atoms with E-state index >= 15 is 0 Å². The lowest BCUT2D eigenvalue weighted by Crippen LogP contribution is -2.27. The zero-order valence-electron chi connectivity index (χ0n) is 12.6. The number of ether oxygens (including phenoxy) is 2. The van der Waals surface area contributed by atoms with Crippen molar-refractivity contribution in [3.05, 3.63) is 35.4 Å². The van der Waals surface area contributed by atoms with Gasteiger partial charge in [-0.2, -0.15) is 0 Å². The van der Waals surface area contributed by atoms with E-state index < -0.39 is 5.60 Å². The number of hydrogen-bond donors (Lipinski definition) is 0. The van der Waals surface area contributed by atoms with Crippen LogP contribution in [0.15, 0.2) is 24.3 Å². The van der Waals surface area contributed by atoms with E-state index in [1.54, 1.807) is 0 Å². The Balaban J connectivity index is 1.95. The lowest BCUT2D eigenvalue weighted by Gasteiger charge is -2.10. The molecule has 2 atom stereocenters. The standard InChI is InChI=1S/C17H24O3/c1-4-6-7-12-19-16(18)17(5-2)15(20-17)14-10-8-13(3)9-11-14/h8-11,15H,4-7,12H2,1-3H3. The Bertz CT molecular complexity index is 452. The van der Waals surface area contributed by atoms with Crippen LogP contribution >= 0.6 is 0 Å². The molecule has 1 aromatic rings. The van der Waals surface area contributed by atoms with Crippen LogP contribution in [-0.2, 0) is 14.3 Å². The van der Waals surface area contributed by atoms with Gasteiger partial charge in [-0.25, -0.2) is 4.79 Å². The van der Waals surface area contributed by atoms with Crippen molar-refractivity contribution >= 4 is 5.97 Å². The molecule has 2 rings (SSSR count). The molecule has 1 heterocycles. The smallest absolute Gasteiger partial charge is 0.341 e. The van der Waals surface area contributed by atoms with Crippen LogP contribution in [0.2, 0.25) is 0 Å².